The lowest BCUT2D eigenvalue weighted by Gasteiger charge is -2.21. The van der Waals surface area contributed by atoms with Crippen LogP contribution in [0, 0.1) is 0 Å². The number of hydrogen-bond acceptors (Lipinski definition) is 6. The lowest BCUT2D eigenvalue weighted by Crippen LogP contribution is -2.37. The number of carbonyl (C=O) groups is 1. The molecule has 9 heteroatoms. The zero-order chi connectivity index (χ0) is 16.2. The van der Waals surface area contributed by atoms with E-state index in [9.17, 15) is 13.6 Å². The van der Waals surface area contributed by atoms with Gasteiger partial charge in [0.1, 0.15) is 5.75 Å². The monoisotopic (exact) mass is 340 g/mol. The molecule has 1 aliphatic heterocycles. The number of benzene rings is 1. The predicted molar refractivity (Wildman–Crippen MR) is 81.1 cm³/mol. The Labute approximate surface area is 135 Å². The summed E-state index contributed by atoms with van der Waals surface area (Å²) in [5.74, 6) is -0.138. The van der Waals surface area contributed by atoms with Crippen molar-refractivity contribution in [1.29, 1.82) is 0 Å². The second kappa shape index (κ2) is 6.86. The first-order valence-corrected chi connectivity index (χ1v) is 7.73. The maximum Gasteiger partial charge on any atom is 0.387 e. The molecule has 0 spiro atoms. The van der Waals surface area contributed by atoms with E-state index >= 15 is 0 Å². The van der Waals surface area contributed by atoms with E-state index in [1.807, 2.05) is 4.90 Å². The van der Waals surface area contributed by atoms with Crippen molar-refractivity contribution >= 4 is 23.3 Å². The minimum atomic E-state index is -2.87. The summed E-state index contributed by atoms with van der Waals surface area (Å²) in [4.78, 5) is 13.9. The van der Waals surface area contributed by atoms with Gasteiger partial charge in [-0.2, -0.15) is 17.5 Å². The van der Waals surface area contributed by atoms with Crippen LogP contribution in [0.15, 0.2) is 30.5 Å². The van der Waals surface area contributed by atoms with Crippen LogP contribution >= 0.6 is 11.7 Å². The molecule has 2 heterocycles. The third kappa shape index (κ3) is 3.73. The predicted octanol–water partition coefficient (Wildman–Crippen LogP) is 2.15. The second-order valence-electron chi connectivity index (χ2n) is 5.04. The van der Waals surface area contributed by atoms with Crippen molar-refractivity contribution in [3.05, 3.63) is 36.2 Å². The number of nitrogens with one attached hydrogen (secondary N) is 1. The number of anilines is 1. The number of amides is 1. The molecular formula is C14H14F2N4O2S. The van der Waals surface area contributed by atoms with Crippen LogP contribution in [0.5, 0.6) is 5.75 Å². The SMILES string of the molecule is O=C(N[C@@H]1CCN(c2ccccc2OC(F)F)C1)c1cnsn1. The van der Waals surface area contributed by atoms with Crippen LogP contribution in [0.2, 0.25) is 0 Å². The molecule has 0 bridgehead atoms. The summed E-state index contributed by atoms with van der Waals surface area (Å²) in [6.45, 7) is -1.71. The Balaban J connectivity index is 1.65. The highest BCUT2D eigenvalue weighted by Gasteiger charge is 2.27. The molecule has 1 aromatic heterocycles. The third-order valence-electron chi connectivity index (χ3n) is 3.54. The molecule has 1 N–H and O–H groups in total. The van der Waals surface area contributed by atoms with Gasteiger partial charge in [-0.05, 0) is 18.6 Å². The molecule has 1 atom stereocenters. The van der Waals surface area contributed by atoms with Gasteiger partial charge in [0.2, 0.25) is 0 Å². The first kappa shape index (κ1) is 15.6. The molecule has 6 nitrogen and oxygen atoms in total. The minimum Gasteiger partial charge on any atom is -0.433 e. The van der Waals surface area contributed by atoms with Gasteiger partial charge in [0.15, 0.2) is 5.69 Å². The number of rotatable bonds is 5. The van der Waals surface area contributed by atoms with Crippen molar-refractivity contribution in [1.82, 2.24) is 14.1 Å². The first-order chi connectivity index (χ1) is 11.1. The van der Waals surface area contributed by atoms with Gasteiger partial charge in [-0.1, -0.05) is 12.1 Å². The van der Waals surface area contributed by atoms with Crippen LogP contribution in [0.25, 0.3) is 0 Å². The molecule has 0 unspecified atom stereocenters. The number of aromatic nitrogens is 2. The van der Waals surface area contributed by atoms with Gasteiger partial charge in [-0.3, -0.25) is 4.79 Å². The van der Waals surface area contributed by atoms with E-state index in [0.29, 0.717) is 25.2 Å². The van der Waals surface area contributed by atoms with Crippen molar-refractivity contribution in [3.8, 4) is 5.75 Å². The van der Waals surface area contributed by atoms with E-state index < -0.39 is 6.61 Å². The van der Waals surface area contributed by atoms with Gasteiger partial charge in [0, 0.05) is 19.1 Å². The fourth-order valence-corrected chi connectivity index (χ4v) is 2.95. The molecule has 1 aromatic carbocycles. The topological polar surface area (TPSA) is 67.4 Å². The molecule has 1 saturated heterocycles. The van der Waals surface area contributed by atoms with Crippen LogP contribution in [-0.4, -0.2) is 40.4 Å². The number of alkyl halides is 2. The lowest BCUT2D eigenvalue weighted by atomic mass is 10.2. The van der Waals surface area contributed by atoms with Gasteiger partial charge in [-0.25, -0.2) is 0 Å². The summed E-state index contributed by atoms with van der Waals surface area (Å²) in [7, 11) is 0. The summed E-state index contributed by atoms with van der Waals surface area (Å²) >= 11 is 0.972. The van der Waals surface area contributed by atoms with Crippen molar-refractivity contribution < 1.29 is 18.3 Å². The standard InChI is InChI=1S/C14H14F2N4O2S/c15-14(16)22-12-4-2-1-3-11(12)20-6-5-9(8-20)18-13(21)10-7-17-23-19-10/h1-4,7,9,14H,5-6,8H2,(H,18,21)/t9-/m1/s1. The van der Waals surface area contributed by atoms with Crippen LogP contribution in [-0.2, 0) is 0 Å². The summed E-state index contributed by atoms with van der Waals surface area (Å²) in [5, 5.41) is 2.88. The van der Waals surface area contributed by atoms with E-state index in [4.69, 9.17) is 0 Å². The van der Waals surface area contributed by atoms with Crippen molar-refractivity contribution in [2.75, 3.05) is 18.0 Å². The molecule has 1 aliphatic rings. The second-order valence-corrected chi connectivity index (χ2v) is 5.60. The zero-order valence-electron chi connectivity index (χ0n) is 12.0. The van der Waals surface area contributed by atoms with Crippen LogP contribution in [0.4, 0.5) is 14.5 Å². The molecule has 3 rings (SSSR count). The van der Waals surface area contributed by atoms with E-state index in [0.717, 1.165) is 11.7 Å². The Kier molecular flexibility index (Phi) is 4.65. The van der Waals surface area contributed by atoms with Crippen LogP contribution < -0.4 is 15.0 Å². The van der Waals surface area contributed by atoms with Crippen molar-refractivity contribution in [2.45, 2.75) is 19.1 Å². The molecule has 2 aromatic rings. The zero-order valence-corrected chi connectivity index (χ0v) is 12.8. The number of ether oxygens (including phenoxy) is 1. The summed E-state index contributed by atoms with van der Waals surface area (Å²) < 4.78 is 37.2. The smallest absolute Gasteiger partial charge is 0.387 e. The maximum absolute atomic E-state index is 12.5. The molecular weight excluding hydrogens is 326 g/mol. The normalized spacial score (nSPS) is 17.5. The molecule has 0 aliphatic carbocycles. The third-order valence-corrected chi connectivity index (χ3v) is 4.02. The Hall–Kier alpha value is -2.29. The first-order valence-electron chi connectivity index (χ1n) is 7.00. The van der Waals surface area contributed by atoms with Crippen molar-refractivity contribution in [3.63, 3.8) is 0 Å². The molecule has 1 amide bonds. The largest absolute Gasteiger partial charge is 0.433 e. The Bertz CT molecular complexity index is 669. The Morgan fingerprint density at radius 2 is 2.26 bits per heavy atom. The molecule has 122 valence electrons. The number of hydrogen-bond donors (Lipinski definition) is 1. The minimum absolute atomic E-state index is 0.0798. The molecule has 0 radical (unpaired) electrons. The lowest BCUT2D eigenvalue weighted by molar-refractivity contribution is -0.0495. The van der Waals surface area contributed by atoms with E-state index in [1.165, 1.54) is 12.3 Å². The Morgan fingerprint density at radius 3 is 3.00 bits per heavy atom. The molecule has 1 fully saturated rings. The summed E-state index contributed by atoms with van der Waals surface area (Å²) in [6.07, 6.45) is 2.13. The summed E-state index contributed by atoms with van der Waals surface area (Å²) in [5.41, 5.74) is 0.884. The average molecular weight is 340 g/mol. The van der Waals surface area contributed by atoms with Gasteiger partial charge in [-0.15, -0.1) is 0 Å². The van der Waals surface area contributed by atoms with Gasteiger partial charge >= 0.3 is 6.61 Å². The highest BCUT2D eigenvalue weighted by Crippen LogP contribution is 2.31. The van der Waals surface area contributed by atoms with E-state index in [2.05, 4.69) is 18.8 Å². The van der Waals surface area contributed by atoms with E-state index in [-0.39, 0.29) is 23.4 Å². The number of carbonyl (C=O) groups excluding carboxylic acids is 1. The average Bonchev–Trinajstić information content (AvgIpc) is 3.18. The van der Waals surface area contributed by atoms with Gasteiger partial charge < -0.3 is 15.0 Å². The van der Waals surface area contributed by atoms with Gasteiger partial charge in [0.25, 0.3) is 5.91 Å². The maximum atomic E-state index is 12.5. The quantitative estimate of drug-likeness (QED) is 0.903. The van der Waals surface area contributed by atoms with Gasteiger partial charge in [0.05, 0.1) is 23.6 Å². The number of halogens is 2. The number of nitrogens with zero attached hydrogens (tertiary/aromatic N) is 3. The Morgan fingerprint density at radius 1 is 1.43 bits per heavy atom. The highest BCUT2D eigenvalue weighted by molar-refractivity contribution is 6.99. The van der Waals surface area contributed by atoms with E-state index in [1.54, 1.807) is 18.2 Å². The fourth-order valence-electron chi connectivity index (χ4n) is 2.53. The highest BCUT2D eigenvalue weighted by atomic mass is 32.1. The summed E-state index contributed by atoms with van der Waals surface area (Å²) in [6, 6.07) is 6.57. The molecule has 0 saturated carbocycles. The number of para-hydroxylation sites is 2. The fraction of sp³-hybridized carbons (Fsp3) is 0.357. The van der Waals surface area contributed by atoms with Crippen LogP contribution in [0.1, 0.15) is 16.9 Å². The van der Waals surface area contributed by atoms with Crippen LogP contribution in [0.3, 0.4) is 0 Å². The van der Waals surface area contributed by atoms with Crippen molar-refractivity contribution in [2.24, 2.45) is 0 Å². The molecule has 23 heavy (non-hydrogen) atoms.